The molecule has 2 aromatic carbocycles. The van der Waals surface area contributed by atoms with Crippen LogP contribution < -0.4 is 4.90 Å². The van der Waals surface area contributed by atoms with Crippen molar-refractivity contribution >= 4 is 33.2 Å². The standard InChI is InChI=1S/C20H22ClFN2O3S/c1-3-23(4-2)28(26,27)15-9-7-14(8-10-15)20(25)24-13-5-6-16-17(21)11-12-18(22)19(16)24/h7-12H,3-6,13H2,1-2H3. The highest BCUT2D eigenvalue weighted by Gasteiger charge is 2.29. The monoisotopic (exact) mass is 424 g/mol. The SMILES string of the molecule is CCN(CC)S(=O)(=O)c1ccc(C(=O)N2CCCc3c(Cl)ccc(F)c32)cc1. The first kappa shape index (κ1) is 20.8. The number of benzene rings is 2. The Morgan fingerprint density at radius 3 is 2.39 bits per heavy atom. The topological polar surface area (TPSA) is 57.7 Å². The molecule has 1 aliphatic heterocycles. The van der Waals surface area contributed by atoms with Crippen LogP contribution in [0.3, 0.4) is 0 Å². The first-order chi connectivity index (χ1) is 13.3. The normalized spacial score (nSPS) is 14.2. The second kappa shape index (κ2) is 8.19. The molecule has 0 atom stereocenters. The van der Waals surface area contributed by atoms with Crippen molar-refractivity contribution in [1.29, 1.82) is 0 Å². The summed E-state index contributed by atoms with van der Waals surface area (Å²) in [4.78, 5) is 14.5. The van der Waals surface area contributed by atoms with E-state index < -0.39 is 15.8 Å². The van der Waals surface area contributed by atoms with Crippen molar-refractivity contribution in [2.24, 2.45) is 0 Å². The summed E-state index contributed by atoms with van der Waals surface area (Å²) in [7, 11) is -3.60. The van der Waals surface area contributed by atoms with E-state index in [1.807, 2.05) is 0 Å². The molecule has 0 bridgehead atoms. The van der Waals surface area contributed by atoms with Crippen LogP contribution in [0.1, 0.15) is 36.2 Å². The third kappa shape index (κ3) is 3.66. The maximum atomic E-state index is 14.4. The molecule has 0 unspecified atom stereocenters. The molecular weight excluding hydrogens is 403 g/mol. The zero-order chi connectivity index (χ0) is 20.5. The Balaban J connectivity index is 1.93. The Labute approximate surface area is 169 Å². The fraction of sp³-hybridized carbons (Fsp3) is 0.350. The number of amides is 1. The van der Waals surface area contributed by atoms with E-state index in [1.165, 1.54) is 45.6 Å². The summed E-state index contributed by atoms with van der Waals surface area (Å²) in [6.07, 6.45) is 1.28. The highest BCUT2D eigenvalue weighted by atomic mass is 35.5. The molecule has 28 heavy (non-hydrogen) atoms. The Kier molecular flexibility index (Phi) is 6.07. The van der Waals surface area contributed by atoms with Crippen LogP contribution in [0.25, 0.3) is 0 Å². The minimum absolute atomic E-state index is 0.126. The highest BCUT2D eigenvalue weighted by molar-refractivity contribution is 7.89. The zero-order valence-corrected chi connectivity index (χ0v) is 17.4. The average molecular weight is 425 g/mol. The second-order valence-electron chi connectivity index (χ2n) is 6.53. The lowest BCUT2D eigenvalue weighted by atomic mass is 10.00. The zero-order valence-electron chi connectivity index (χ0n) is 15.8. The van der Waals surface area contributed by atoms with Crippen LogP contribution in [-0.2, 0) is 16.4 Å². The van der Waals surface area contributed by atoms with E-state index in [0.29, 0.717) is 48.6 Å². The molecule has 0 aliphatic carbocycles. The molecule has 1 amide bonds. The first-order valence-electron chi connectivity index (χ1n) is 9.20. The molecular formula is C20H22ClFN2O3S. The number of sulfonamides is 1. The van der Waals surface area contributed by atoms with Gasteiger partial charge in [0.15, 0.2) is 0 Å². The summed E-state index contributed by atoms with van der Waals surface area (Å²) in [5.41, 5.74) is 1.14. The van der Waals surface area contributed by atoms with Gasteiger partial charge in [0, 0.05) is 30.2 Å². The number of hydrogen-bond acceptors (Lipinski definition) is 3. The number of carbonyl (C=O) groups is 1. The first-order valence-corrected chi connectivity index (χ1v) is 11.0. The lowest BCUT2D eigenvalue weighted by molar-refractivity contribution is 0.0984. The summed E-state index contributed by atoms with van der Waals surface area (Å²) < 4.78 is 41.0. The van der Waals surface area contributed by atoms with Gasteiger partial charge in [0.25, 0.3) is 5.91 Å². The van der Waals surface area contributed by atoms with E-state index >= 15 is 0 Å². The predicted octanol–water partition coefficient (Wildman–Crippen LogP) is 4.10. The van der Waals surface area contributed by atoms with Gasteiger partial charge >= 0.3 is 0 Å². The molecule has 0 radical (unpaired) electrons. The van der Waals surface area contributed by atoms with Gasteiger partial charge in [-0.1, -0.05) is 25.4 Å². The van der Waals surface area contributed by atoms with Gasteiger partial charge < -0.3 is 4.90 Å². The number of halogens is 2. The lowest BCUT2D eigenvalue weighted by Crippen LogP contribution is -2.36. The van der Waals surface area contributed by atoms with Crippen LogP contribution in [0, 0.1) is 5.82 Å². The van der Waals surface area contributed by atoms with Crippen LogP contribution in [0.15, 0.2) is 41.3 Å². The third-order valence-corrected chi connectivity index (χ3v) is 7.36. The van der Waals surface area contributed by atoms with Crippen molar-refractivity contribution in [3.05, 3.63) is 58.4 Å². The molecule has 5 nitrogen and oxygen atoms in total. The van der Waals surface area contributed by atoms with E-state index in [9.17, 15) is 17.6 Å². The van der Waals surface area contributed by atoms with Crippen LogP contribution in [-0.4, -0.2) is 38.3 Å². The van der Waals surface area contributed by atoms with Crippen molar-refractivity contribution in [3.8, 4) is 0 Å². The maximum Gasteiger partial charge on any atom is 0.258 e. The molecule has 1 aliphatic rings. The summed E-state index contributed by atoms with van der Waals surface area (Å²) >= 11 is 6.18. The number of fused-ring (bicyclic) bond motifs is 1. The quantitative estimate of drug-likeness (QED) is 0.726. The minimum Gasteiger partial charge on any atom is -0.305 e. The molecule has 150 valence electrons. The van der Waals surface area contributed by atoms with Crippen LogP contribution in [0.2, 0.25) is 5.02 Å². The summed E-state index contributed by atoms with van der Waals surface area (Å²) in [6, 6.07) is 8.52. The highest BCUT2D eigenvalue weighted by Crippen LogP contribution is 2.36. The van der Waals surface area contributed by atoms with Crippen molar-refractivity contribution in [2.45, 2.75) is 31.6 Å². The predicted molar refractivity (Wildman–Crippen MR) is 108 cm³/mol. The van der Waals surface area contributed by atoms with E-state index in [4.69, 9.17) is 11.6 Å². The Morgan fingerprint density at radius 2 is 1.79 bits per heavy atom. The lowest BCUT2D eigenvalue weighted by Gasteiger charge is -2.30. The molecule has 8 heteroatoms. The molecule has 1 heterocycles. The van der Waals surface area contributed by atoms with Gasteiger partial charge in [-0.15, -0.1) is 0 Å². The second-order valence-corrected chi connectivity index (χ2v) is 8.88. The molecule has 3 rings (SSSR count). The number of carbonyl (C=O) groups excluding carboxylic acids is 1. The molecule has 0 spiro atoms. The summed E-state index contributed by atoms with van der Waals surface area (Å²) in [6.45, 7) is 4.65. The number of hydrogen-bond donors (Lipinski definition) is 0. The van der Waals surface area contributed by atoms with Gasteiger partial charge in [-0.25, -0.2) is 12.8 Å². The Morgan fingerprint density at radius 1 is 1.14 bits per heavy atom. The van der Waals surface area contributed by atoms with Gasteiger partial charge in [0.2, 0.25) is 10.0 Å². The summed E-state index contributed by atoms with van der Waals surface area (Å²) in [5.74, 6) is -0.873. The van der Waals surface area contributed by atoms with Crippen LogP contribution >= 0.6 is 11.6 Å². The van der Waals surface area contributed by atoms with Gasteiger partial charge in [-0.3, -0.25) is 4.79 Å². The van der Waals surface area contributed by atoms with E-state index in [-0.39, 0.29) is 16.5 Å². The van der Waals surface area contributed by atoms with Crippen LogP contribution in [0.4, 0.5) is 10.1 Å². The van der Waals surface area contributed by atoms with Crippen molar-refractivity contribution in [1.82, 2.24) is 4.31 Å². The van der Waals surface area contributed by atoms with Gasteiger partial charge in [-0.05, 0) is 54.8 Å². The van der Waals surface area contributed by atoms with E-state index in [0.717, 1.165) is 0 Å². The van der Waals surface area contributed by atoms with Crippen molar-refractivity contribution < 1.29 is 17.6 Å². The Bertz CT molecular complexity index is 989. The third-order valence-electron chi connectivity index (χ3n) is 4.94. The molecule has 0 fully saturated rings. The van der Waals surface area contributed by atoms with Crippen LogP contribution in [0.5, 0.6) is 0 Å². The molecule has 0 saturated heterocycles. The fourth-order valence-corrected chi connectivity index (χ4v) is 5.18. The van der Waals surface area contributed by atoms with Crippen molar-refractivity contribution in [3.63, 3.8) is 0 Å². The number of rotatable bonds is 5. The molecule has 2 aromatic rings. The van der Waals surface area contributed by atoms with Crippen molar-refractivity contribution in [2.75, 3.05) is 24.5 Å². The molecule has 0 saturated carbocycles. The summed E-state index contributed by atoms with van der Waals surface area (Å²) in [5, 5.41) is 0.439. The van der Waals surface area contributed by atoms with Gasteiger partial charge in [0.05, 0.1) is 10.6 Å². The maximum absolute atomic E-state index is 14.4. The molecule has 0 aromatic heterocycles. The number of nitrogens with zero attached hydrogens (tertiary/aromatic N) is 2. The van der Waals surface area contributed by atoms with Gasteiger partial charge in [-0.2, -0.15) is 4.31 Å². The number of anilines is 1. The smallest absolute Gasteiger partial charge is 0.258 e. The minimum atomic E-state index is -3.60. The average Bonchev–Trinajstić information content (AvgIpc) is 2.70. The molecule has 0 N–H and O–H groups in total. The van der Waals surface area contributed by atoms with E-state index in [1.54, 1.807) is 13.8 Å². The largest absolute Gasteiger partial charge is 0.305 e. The van der Waals surface area contributed by atoms with E-state index in [2.05, 4.69) is 0 Å². The fourth-order valence-electron chi connectivity index (χ4n) is 3.48. The Hall–Kier alpha value is -1.96. The van der Waals surface area contributed by atoms with Gasteiger partial charge in [0.1, 0.15) is 5.82 Å².